The molecule has 1 saturated heterocycles. The monoisotopic (exact) mass is 209 g/mol. The quantitative estimate of drug-likeness (QED) is 0.806. The van der Waals surface area contributed by atoms with E-state index in [0.29, 0.717) is 0 Å². The molecule has 1 N–H and O–H groups in total. The van der Waals surface area contributed by atoms with Crippen molar-refractivity contribution in [2.45, 2.75) is 19.4 Å². The summed E-state index contributed by atoms with van der Waals surface area (Å²) < 4.78 is 5.02. The van der Waals surface area contributed by atoms with Crippen molar-refractivity contribution in [3.63, 3.8) is 0 Å². The Balaban J connectivity index is 1.62. The Morgan fingerprint density at radius 2 is 2.33 bits per heavy atom. The SMILES string of the molecule is CN1CCC(CNCc2ccno2)CC1. The Kier molecular flexibility index (Phi) is 3.75. The van der Waals surface area contributed by atoms with Crippen molar-refractivity contribution in [2.24, 2.45) is 5.92 Å². The third kappa shape index (κ3) is 3.32. The molecule has 1 aliphatic rings. The summed E-state index contributed by atoms with van der Waals surface area (Å²) in [6.45, 7) is 4.35. The van der Waals surface area contributed by atoms with Crippen molar-refractivity contribution in [3.05, 3.63) is 18.0 Å². The van der Waals surface area contributed by atoms with Gasteiger partial charge in [0, 0.05) is 6.07 Å². The van der Waals surface area contributed by atoms with Crippen molar-refractivity contribution in [1.82, 2.24) is 15.4 Å². The van der Waals surface area contributed by atoms with Gasteiger partial charge in [-0.25, -0.2) is 0 Å². The van der Waals surface area contributed by atoms with Crippen LogP contribution >= 0.6 is 0 Å². The van der Waals surface area contributed by atoms with Gasteiger partial charge in [0.25, 0.3) is 0 Å². The highest BCUT2D eigenvalue weighted by atomic mass is 16.5. The Morgan fingerprint density at radius 1 is 1.53 bits per heavy atom. The Labute approximate surface area is 90.6 Å². The van der Waals surface area contributed by atoms with Gasteiger partial charge in [-0.15, -0.1) is 0 Å². The van der Waals surface area contributed by atoms with Crippen LogP contribution in [0.1, 0.15) is 18.6 Å². The Morgan fingerprint density at radius 3 is 3.00 bits per heavy atom. The topological polar surface area (TPSA) is 41.3 Å². The number of rotatable bonds is 4. The standard InChI is InChI=1S/C11H19N3O/c1-14-6-3-10(4-7-14)8-12-9-11-2-5-13-15-11/h2,5,10,12H,3-4,6-9H2,1H3. The number of nitrogens with one attached hydrogen (secondary N) is 1. The largest absolute Gasteiger partial charge is 0.360 e. The van der Waals surface area contributed by atoms with E-state index in [4.69, 9.17) is 4.52 Å². The van der Waals surface area contributed by atoms with Gasteiger partial charge < -0.3 is 14.7 Å². The fraction of sp³-hybridized carbons (Fsp3) is 0.727. The van der Waals surface area contributed by atoms with Crippen LogP contribution in [0.25, 0.3) is 0 Å². The van der Waals surface area contributed by atoms with Gasteiger partial charge >= 0.3 is 0 Å². The molecule has 0 radical (unpaired) electrons. The van der Waals surface area contributed by atoms with E-state index in [1.165, 1.54) is 25.9 Å². The van der Waals surface area contributed by atoms with Crippen LogP contribution in [0, 0.1) is 5.92 Å². The zero-order valence-electron chi connectivity index (χ0n) is 9.28. The van der Waals surface area contributed by atoms with Crippen LogP contribution in [0.2, 0.25) is 0 Å². The zero-order valence-corrected chi connectivity index (χ0v) is 9.28. The molecule has 0 spiro atoms. The first-order valence-electron chi connectivity index (χ1n) is 5.63. The van der Waals surface area contributed by atoms with E-state index < -0.39 is 0 Å². The number of piperidine rings is 1. The van der Waals surface area contributed by atoms with Crippen molar-refractivity contribution < 1.29 is 4.52 Å². The summed E-state index contributed by atoms with van der Waals surface area (Å²) in [4.78, 5) is 2.40. The molecular weight excluding hydrogens is 190 g/mol. The fourth-order valence-electron chi connectivity index (χ4n) is 2.00. The Hall–Kier alpha value is -0.870. The molecule has 1 fully saturated rings. The average Bonchev–Trinajstić information content (AvgIpc) is 2.74. The molecule has 0 unspecified atom stereocenters. The van der Waals surface area contributed by atoms with E-state index in [1.807, 2.05) is 6.07 Å². The average molecular weight is 209 g/mol. The van der Waals surface area contributed by atoms with E-state index in [-0.39, 0.29) is 0 Å². The van der Waals surface area contributed by atoms with Gasteiger partial charge in [-0.05, 0) is 45.4 Å². The normalized spacial score (nSPS) is 19.5. The number of aromatic nitrogens is 1. The maximum absolute atomic E-state index is 5.02. The summed E-state index contributed by atoms with van der Waals surface area (Å²) in [5.74, 6) is 1.74. The second-order valence-electron chi connectivity index (χ2n) is 4.36. The summed E-state index contributed by atoms with van der Waals surface area (Å²) in [7, 11) is 2.19. The summed E-state index contributed by atoms with van der Waals surface area (Å²) >= 11 is 0. The lowest BCUT2D eigenvalue weighted by Crippen LogP contribution is -2.34. The molecule has 0 bridgehead atoms. The molecule has 0 aromatic carbocycles. The van der Waals surface area contributed by atoms with Crippen LogP contribution in [-0.2, 0) is 6.54 Å². The van der Waals surface area contributed by atoms with E-state index in [2.05, 4.69) is 22.4 Å². The third-order valence-corrected chi connectivity index (χ3v) is 3.06. The molecule has 0 saturated carbocycles. The minimum atomic E-state index is 0.798. The zero-order chi connectivity index (χ0) is 10.5. The van der Waals surface area contributed by atoms with Crippen molar-refractivity contribution in [2.75, 3.05) is 26.7 Å². The summed E-state index contributed by atoms with van der Waals surface area (Å²) in [6, 6.07) is 1.90. The first-order valence-corrected chi connectivity index (χ1v) is 5.63. The molecule has 15 heavy (non-hydrogen) atoms. The molecular formula is C11H19N3O. The smallest absolute Gasteiger partial charge is 0.150 e. The van der Waals surface area contributed by atoms with Gasteiger partial charge in [0.15, 0.2) is 0 Å². The summed E-state index contributed by atoms with van der Waals surface area (Å²) in [5, 5.41) is 7.10. The van der Waals surface area contributed by atoms with Crippen LogP contribution in [0.15, 0.2) is 16.8 Å². The molecule has 2 rings (SSSR count). The molecule has 4 nitrogen and oxygen atoms in total. The van der Waals surface area contributed by atoms with E-state index >= 15 is 0 Å². The second kappa shape index (κ2) is 5.28. The highest BCUT2D eigenvalue weighted by Gasteiger charge is 2.15. The predicted molar refractivity (Wildman–Crippen MR) is 58.4 cm³/mol. The molecule has 0 aliphatic carbocycles. The summed E-state index contributed by atoms with van der Waals surface area (Å²) in [5.41, 5.74) is 0. The molecule has 2 heterocycles. The van der Waals surface area contributed by atoms with Crippen molar-refractivity contribution in [1.29, 1.82) is 0 Å². The van der Waals surface area contributed by atoms with Gasteiger partial charge in [-0.2, -0.15) is 0 Å². The van der Waals surface area contributed by atoms with Crippen LogP contribution in [0.5, 0.6) is 0 Å². The molecule has 0 atom stereocenters. The lowest BCUT2D eigenvalue weighted by molar-refractivity contribution is 0.214. The third-order valence-electron chi connectivity index (χ3n) is 3.06. The van der Waals surface area contributed by atoms with E-state index in [0.717, 1.165) is 24.8 Å². The van der Waals surface area contributed by atoms with Gasteiger partial charge in [0.2, 0.25) is 0 Å². The lowest BCUT2D eigenvalue weighted by Gasteiger charge is -2.28. The van der Waals surface area contributed by atoms with E-state index in [1.54, 1.807) is 6.20 Å². The molecule has 0 amide bonds. The van der Waals surface area contributed by atoms with Gasteiger partial charge in [0.1, 0.15) is 5.76 Å². The minimum absolute atomic E-state index is 0.798. The van der Waals surface area contributed by atoms with Gasteiger partial charge in [-0.3, -0.25) is 0 Å². The molecule has 4 heteroatoms. The Bertz CT molecular complexity index is 265. The minimum Gasteiger partial charge on any atom is -0.360 e. The molecule has 84 valence electrons. The number of hydrogen-bond acceptors (Lipinski definition) is 4. The fourth-order valence-corrected chi connectivity index (χ4v) is 2.00. The van der Waals surface area contributed by atoms with Crippen LogP contribution < -0.4 is 5.32 Å². The molecule has 1 aliphatic heterocycles. The lowest BCUT2D eigenvalue weighted by atomic mass is 9.97. The van der Waals surface area contributed by atoms with Crippen LogP contribution in [-0.4, -0.2) is 36.7 Å². The van der Waals surface area contributed by atoms with E-state index in [9.17, 15) is 0 Å². The first-order chi connectivity index (χ1) is 7.34. The first kappa shape index (κ1) is 10.6. The highest BCUT2D eigenvalue weighted by molar-refractivity contribution is 4.91. The second-order valence-corrected chi connectivity index (χ2v) is 4.36. The number of hydrogen-bond donors (Lipinski definition) is 1. The maximum Gasteiger partial charge on any atom is 0.150 e. The van der Waals surface area contributed by atoms with Crippen molar-refractivity contribution >= 4 is 0 Å². The predicted octanol–water partition coefficient (Wildman–Crippen LogP) is 1.11. The summed E-state index contributed by atoms with van der Waals surface area (Å²) in [6.07, 6.45) is 4.30. The molecule has 1 aromatic rings. The van der Waals surface area contributed by atoms with Crippen LogP contribution in [0.4, 0.5) is 0 Å². The number of likely N-dealkylation sites (tertiary alicyclic amines) is 1. The number of nitrogens with zero attached hydrogens (tertiary/aromatic N) is 2. The van der Waals surface area contributed by atoms with Crippen LogP contribution in [0.3, 0.4) is 0 Å². The molecule has 1 aromatic heterocycles. The van der Waals surface area contributed by atoms with Gasteiger partial charge in [0.05, 0.1) is 12.7 Å². The van der Waals surface area contributed by atoms with Crippen molar-refractivity contribution in [3.8, 4) is 0 Å². The van der Waals surface area contributed by atoms with Gasteiger partial charge in [-0.1, -0.05) is 5.16 Å². The highest BCUT2D eigenvalue weighted by Crippen LogP contribution is 2.14. The maximum atomic E-state index is 5.02.